The Morgan fingerprint density at radius 3 is 3.00 bits per heavy atom. The van der Waals surface area contributed by atoms with Crippen molar-refractivity contribution < 1.29 is 0 Å². The number of nitrogens with two attached hydrogens (primary N) is 1. The zero-order valence-electron chi connectivity index (χ0n) is 12.6. The van der Waals surface area contributed by atoms with Crippen LogP contribution in [0.15, 0.2) is 46.0 Å². The molecule has 4 heteroatoms. The molecular weight excluding hydrogens is 260 g/mol. The van der Waals surface area contributed by atoms with E-state index in [4.69, 9.17) is 10.7 Å². The predicted octanol–water partition coefficient (Wildman–Crippen LogP) is 2.92. The Labute approximate surface area is 125 Å². The zero-order chi connectivity index (χ0) is 14.8. The summed E-state index contributed by atoms with van der Waals surface area (Å²) < 4.78 is 0. The maximum absolute atomic E-state index is 5.91. The number of aryl methyl sites for hydroxylation is 1. The summed E-state index contributed by atoms with van der Waals surface area (Å²) in [5.74, 6) is 1.75. The Bertz CT molecular complexity index is 627. The summed E-state index contributed by atoms with van der Waals surface area (Å²) in [6, 6.07) is 8.74. The largest absolute Gasteiger partial charge is 0.387 e. The number of nitrogens with zero attached hydrogens (tertiary/aromatic N) is 2. The van der Waals surface area contributed by atoms with E-state index in [1.165, 1.54) is 11.1 Å². The predicted molar refractivity (Wildman–Crippen MR) is 87.2 cm³/mol. The lowest BCUT2D eigenvalue weighted by Crippen LogP contribution is -2.24. The first-order valence-electron chi connectivity index (χ1n) is 7.56. The number of aliphatic imine (C=N–C) groups is 2. The highest BCUT2D eigenvalue weighted by Crippen LogP contribution is 2.37. The topological polar surface area (TPSA) is 62.8 Å². The minimum Gasteiger partial charge on any atom is -0.387 e. The molecule has 0 bridgehead atoms. The van der Waals surface area contributed by atoms with Gasteiger partial charge in [0.2, 0.25) is 5.96 Å². The van der Waals surface area contributed by atoms with Crippen molar-refractivity contribution in [1.29, 1.82) is 0 Å². The molecule has 1 heterocycles. The van der Waals surface area contributed by atoms with Crippen LogP contribution in [0.2, 0.25) is 0 Å². The second-order valence-corrected chi connectivity index (χ2v) is 5.93. The average Bonchev–Trinajstić information content (AvgIpc) is 2.63. The van der Waals surface area contributed by atoms with Crippen molar-refractivity contribution in [1.82, 2.24) is 5.32 Å². The van der Waals surface area contributed by atoms with Gasteiger partial charge in [-0.25, -0.2) is 9.98 Å². The molecule has 1 aromatic rings. The molecule has 0 saturated carbocycles. The van der Waals surface area contributed by atoms with Gasteiger partial charge in [-0.1, -0.05) is 37.3 Å². The van der Waals surface area contributed by atoms with E-state index in [0.29, 0.717) is 24.1 Å². The van der Waals surface area contributed by atoms with Crippen LogP contribution in [0.4, 0.5) is 0 Å². The molecule has 1 aliphatic carbocycles. The first kappa shape index (κ1) is 13.9. The van der Waals surface area contributed by atoms with E-state index in [1.807, 2.05) is 13.0 Å². The van der Waals surface area contributed by atoms with Crippen LogP contribution in [-0.2, 0) is 6.42 Å². The Balaban J connectivity index is 1.98. The minimum absolute atomic E-state index is 0.153. The third kappa shape index (κ3) is 2.99. The molecule has 3 rings (SSSR count). The van der Waals surface area contributed by atoms with Crippen molar-refractivity contribution >= 4 is 11.8 Å². The van der Waals surface area contributed by atoms with E-state index in [0.717, 1.165) is 18.5 Å². The second-order valence-electron chi connectivity index (χ2n) is 5.93. The minimum atomic E-state index is 0.153. The number of rotatable bonds is 1. The normalized spacial score (nSPS) is 27.2. The van der Waals surface area contributed by atoms with Crippen molar-refractivity contribution in [3.63, 3.8) is 0 Å². The highest BCUT2D eigenvalue weighted by Gasteiger charge is 2.26. The first-order valence-corrected chi connectivity index (χ1v) is 7.56. The van der Waals surface area contributed by atoms with Gasteiger partial charge in [0.15, 0.2) is 0 Å². The molecule has 0 unspecified atom stereocenters. The van der Waals surface area contributed by atoms with Crippen molar-refractivity contribution in [2.75, 3.05) is 0 Å². The van der Waals surface area contributed by atoms with Crippen molar-refractivity contribution in [2.24, 2.45) is 21.6 Å². The molecule has 3 N–H and O–H groups in total. The molecule has 21 heavy (non-hydrogen) atoms. The van der Waals surface area contributed by atoms with Crippen LogP contribution in [-0.4, -0.2) is 11.8 Å². The zero-order valence-corrected chi connectivity index (χ0v) is 12.6. The summed E-state index contributed by atoms with van der Waals surface area (Å²) in [5, 5.41) is 3.25. The Hall–Kier alpha value is -2.10. The van der Waals surface area contributed by atoms with Crippen molar-refractivity contribution in [3.05, 3.63) is 47.2 Å². The van der Waals surface area contributed by atoms with Gasteiger partial charge < -0.3 is 11.1 Å². The van der Waals surface area contributed by atoms with Gasteiger partial charge in [0.1, 0.15) is 5.84 Å². The Kier molecular flexibility index (Phi) is 3.78. The molecule has 0 aromatic heterocycles. The van der Waals surface area contributed by atoms with Crippen LogP contribution in [0.25, 0.3) is 0 Å². The summed E-state index contributed by atoms with van der Waals surface area (Å²) >= 11 is 0. The summed E-state index contributed by atoms with van der Waals surface area (Å²) in [7, 11) is 0. The fourth-order valence-electron chi connectivity index (χ4n) is 2.98. The van der Waals surface area contributed by atoms with Crippen LogP contribution in [0, 0.1) is 5.92 Å². The van der Waals surface area contributed by atoms with Crippen LogP contribution >= 0.6 is 0 Å². The summed E-state index contributed by atoms with van der Waals surface area (Å²) in [4.78, 5) is 9.28. The molecule has 0 spiro atoms. The Morgan fingerprint density at radius 1 is 1.33 bits per heavy atom. The van der Waals surface area contributed by atoms with Gasteiger partial charge in [-0.05, 0) is 36.8 Å². The number of fused-ring (bicyclic) bond motifs is 1. The van der Waals surface area contributed by atoms with E-state index >= 15 is 0 Å². The van der Waals surface area contributed by atoms with Crippen LogP contribution in [0.3, 0.4) is 0 Å². The van der Waals surface area contributed by atoms with Gasteiger partial charge in [-0.2, -0.15) is 0 Å². The average molecular weight is 282 g/mol. The van der Waals surface area contributed by atoms with Crippen molar-refractivity contribution in [2.45, 2.75) is 39.2 Å². The van der Waals surface area contributed by atoms with E-state index in [2.05, 4.69) is 41.5 Å². The van der Waals surface area contributed by atoms with E-state index in [1.54, 1.807) is 0 Å². The molecule has 0 saturated heterocycles. The molecule has 1 aromatic carbocycles. The molecule has 2 atom stereocenters. The third-order valence-electron chi connectivity index (χ3n) is 4.22. The van der Waals surface area contributed by atoms with E-state index in [-0.39, 0.29) is 6.04 Å². The molecule has 1 aliphatic heterocycles. The Morgan fingerprint density at radius 2 is 2.14 bits per heavy atom. The van der Waals surface area contributed by atoms with Crippen molar-refractivity contribution in [3.8, 4) is 0 Å². The van der Waals surface area contributed by atoms with Crippen LogP contribution in [0.1, 0.15) is 43.9 Å². The molecular formula is C17H22N4. The SMILES string of the molecule is CC1=CCC(N)=NC(=N[C@H]2c3ccccc3CC[C@@H]2C)N1. The van der Waals surface area contributed by atoms with Gasteiger partial charge >= 0.3 is 0 Å². The lowest BCUT2D eigenvalue weighted by atomic mass is 9.81. The van der Waals surface area contributed by atoms with Crippen LogP contribution < -0.4 is 11.1 Å². The number of amidine groups is 1. The number of nitrogens with one attached hydrogen (secondary N) is 1. The maximum atomic E-state index is 5.91. The molecule has 0 fully saturated rings. The van der Waals surface area contributed by atoms with E-state index in [9.17, 15) is 0 Å². The number of allylic oxidation sites excluding steroid dienone is 1. The molecule has 2 aliphatic rings. The van der Waals surface area contributed by atoms with Gasteiger partial charge in [0.05, 0.1) is 6.04 Å². The fraction of sp³-hybridized carbons (Fsp3) is 0.412. The summed E-state index contributed by atoms with van der Waals surface area (Å²) in [5.41, 5.74) is 9.69. The smallest absolute Gasteiger partial charge is 0.224 e. The number of hydrogen-bond donors (Lipinski definition) is 2. The molecule has 110 valence electrons. The van der Waals surface area contributed by atoms with Gasteiger partial charge in [-0.3, -0.25) is 0 Å². The molecule has 4 nitrogen and oxygen atoms in total. The summed E-state index contributed by atoms with van der Waals surface area (Å²) in [6.45, 7) is 4.28. The molecule has 0 radical (unpaired) electrons. The van der Waals surface area contributed by atoms with E-state index < -0.39 is 0 Å². The molecule has 0 amide bonds. The third-order valence-corrected chi connectivity index (χ3v) is 4.22. The lowest BCUT2D eigenvalue weighted by Gasteiger charge is -2.28. The number of benzene rings is 1. The standard InChI is InChI=1S/C17H22N4/c1-11-7-9-13-5-3-4-6-14(13)16(11)21-17-19-12(2)8-10-15(18)20-17/h3-6,8,11,16H,7,9-10H2,1-2H3,(H3,18,19,20,21)/t11-,16+/m0/s1. The maximum Gasteiger partial charge on any atom is 0.224 e. The van der Waals surface area contributed by atoms with Gasteiger partial charge in [0.25, 0.3) is 0 Å². The van der Waals surface area contributed by atoms with Gasteiger partial charge in [0, 0.05) is 12.1 Å². The highest BCUT2D eigenvalue weighted by atomic mass is 15.2. The monoisotopic (exact) mass is 282 g/mol. The van der Waals surface area contributed by atoms with Gasteiger partial charge in [-0.15, -0.1) is 0 Å². The summed E-state index contributed by atoms with van der Waals surface area (Å²) in [6.07, 6.45) is 5.01. The number of hydrogen-bond acceptors (Lipinski definition) is 2. The number of guanidine groups is 1. The van der Waals surface area contributed by atoms with Crippen LogP contribution in [0.5, 0.6) is 0 Å². The lowest BCUT2D eigenvalue weighted by molar-refractivity contribution is 0.413. The highest BCUT2D eigenvalue weighted by molar-refractivity contribution is 5.97. The first-order chi connectivity index (χ1) is 10.1. The quantitative estimate of drug-likeness (QED) is 0.832. The second kappa shape index (κ2) is 5.72. The fourth-order valence-corrected chi connectivity index (χ4v) is 2.98.